The van der Waals surface area contributed by atoms with E-state index in [1.54, 1.807) is 0 Å². The molecule has 0 unspecified atom stereocenters. The Bertz CT molecular complexity index is 1040. The van der Waals surface area contributed by atoms with E-state index in [0.29, 0.717) is 0 Å². The topological polar surface area (TPSA) is 114 Å². The Kier molecular flexibility index (Phi) is 4.06. The second kappa shape index (κ2) is 6.10. The predicted molar refractivity (Wildman–Crippen MR) is 81.9 cm³/mol. The van der Waals surface area contributed by atoms with E-state index < -0.39 is 28.8 Å². The number of carboxylic acids is 1. The Hall–Kier alpha value is -3.50. The molecule has 1 aromatic carbocycles. The van der Waals surface area contributed by atoms with E-state index in [4.69, 9.17) is 0 Å². The Labute approximate surface area is 142 Å². The molecule has 11 heteroatoms. The number of halogens is 3. The van der Waals surface area contributed by atoms with Crippen LogP contribution in [0.4, 0.5) is 13.2 Å². The highest BCUT2D eigenvalue weighted by molar-refractivity contribution is 5.89. The van der Waals surface area contributed by atoms with Gasteiger partial charge in [0.1, 0.15) is 5.56 Å². The molecule has 3 aromatic rings. The average Bonchev–Trinajstić information content (AvgIpc) is 3.08. The molecule has 0 atom stereocenters. The maximum atomic E-state index is 13.0. The van der Waals surface area contributed by atoms with Crippen molar-refractivity contribution in [2.75, 3.05) is 0 Å². The summed E-state index contributed by atoms with van der Waals surface area (Å²) >= 11 is 0. The summed E-state index contributed by atoms with van der Waals surface area (Å²) in [5.74, 6) is -1.52. The lowest BCUT2D eigenvalue weighted by Crippen LogP contribution is -2.27. The van der Waals surface area contributed by atoms with Gasteiger partial charge in [0, 0.05) is 16.9 Å². The summed E-state index contributed by atoms with van der Waals surface area (Å²) in [4.78, 5) is 24.0. The van der Waals surface area contributed by atoms with Crippen LogP contribution in [0.25, 0.3) is 17.1 Å². The highest BCUT2D eigenvalue weighted by atomic mass is 19.4. The van der Waals surface area contributed by atoms with Gasteiger partial charge >= 0.3 is 12.1 Å². The maximum absolute atomic E-state index is 13.0. The first kappa shape index (κ1) is 17.3. The first-order chi connectivity index (χ1) is 12.2. The number of aromatic nitrogens is 5. The predicted octanol–water partition coefficient (Wildman–Crippen LogP) is 2.04. The van der Waals surface area contributed by atoms with Gasteiger partial charge in [-0.3, -0.25) is 9.36 Å². The number of alkyl halides is 3. The van der Waals surface area contributed by atoms with Crippen LogP contribution in [0, 0.1) is 6.92 Å². The molecule has 2 N–H and O–H groups in total. The van der Waals surface area contributed by atoms with Crippen molar-refractivity contribution in [1.29, 1.82) is 0 Å². The molecule has 0 aliphatic rings. The zero-order chi connectivity index (χ0) is 19.1. The third-order valence-corrected chi connectivity index (χ3v) is 3.70. The number of benzene rings is 1. The lowest BCUT2D eigenvalue weighted by atomic mass is 10.1. The van der Waals surface area contributed by atoms with Gasteiger partial charge in [-0.15, -0.1) is 10.2 Å². The van der Waals surface area contributed by atoms with Crippen LogP contribution in [-0.4, -0.2) is 36.3 Å². The summed E-state index contributed by atoms with van der Waals surface area (Å²) < 4.78 is 39.8. The smallest absolute Gasteiger partial charge is 0.416 e. The molecule has 134 valence electrons. The van der Waals surface area contributed by atoms with Crippen molar-refractivity contribution in [1.82, 2.24) is 25.2 Å². The van der Waals surface area contributed by atoms with E-state index in [-0.39, 0.29) is 22.8 Å². The Morgan fingerprint density at radius 3 is 2.58 bits per heavy atom. The molecule has 2 heterocycles. The lowest BCUT2D eigenvalue weighted by Gasteiger charge is -2.15. The number of hydrogen-bond donors (Lipinski definition) is 2. The van der Waals surface area contributed by atoms with Crippen LogP contribution < -0.4 is 5.56 Å². The number of nitrogens with one attached hydrogen (secondary N) is 1. The van der Waals surface area contributed by atoms with E-state index in [0.717, 1.165) is 28.8 Å². The third kappa shape index (κ3) is 2.94. The summed E-state index contributed by atoms with van der Waals surface area (Å²) in [7, 11) is 0. The molecule has 0 aliphatic heterocycles. The van der Waals surface area contributed by atoms with Gasteiger partial charge in [0.05, 0.1) is 5.56 Å². The Morgan fingerprint density at radius 2 is 2.00 bits per heavy atom. The molecule has 0 saturated carbocycles. The van der Waals surface area contributed by atoms with Crippen molar-refractivity contribution in [2.24, 2.45) is 0 Å². The SMILES string of the molecule is Cc1c(-c2nn[nH]n2)cc(C(=O)O)c(=O)n1-c1cccc(C(F)(F)F)c1. The summed E-state index contributed by atoms with van der Waals surface area (Å²) in [5, 5.41) is 22.3. The number of H-pyrrole nitrogens is 1. The summed E-state index contributed by atoms with van der Waals surface area (Å²) in [6.07, 6.45) is -4.62. The zero-order valence-electron chi connectivity index (χ0n) is 13.1. The van der Waals surface area contributed by atoms with E-state index in [1.807, 2.05) is 0 Å². The van der Waals surface area contributed by atoms with Crippen molar-refractivity contribution < 1.29 is 23.1 Å². The number of hydrogen-bond acceptors (Lipinski definition) is 5. The minimum absolute atomic E-state index is 0.00530. The zero-order valence-corrected chi connectivity index (χ0v) is 13.1. The normalized spacial score (nSPS) is 11.5. The van der Waals surface area contributed by atoms with Gasteiger partial charge in [0.2, 0.25) is 5.82 Å². The summed E-state index contributed by atoms with van der Waals surface area (Å²) in [5.41, 5.74) is -2.39. The molecule has 0 spiro atoms. The number of tetrazole rings is 1. The van der Waals surface area contributed by atoms with Gasteiger partial charge in [0.15, 0.2) is 0 Å². The molecule has 0 fully saturated rings. The minimum Gasteiger partial charge on any atom is -0.477 e. The van der Waals surface area contributed by atoms with Gasteiger partial charge in [-0.1, -0.05) is 6.07 Å². The van der Waals surface area contributed by atoms with Crippen LogP contribution in [-0.2, 0) is 6.18 Å². The van der Waals surface area contributed by atoms with Crippen LogP contribution >= 0.6 is 0 Å². The number of aromatic carboxylic acids is 1. The average molecular weight is 365 g/mol. The first-order valence-electron chi connectivity index (χ1n) is 7.11. The van der Waals surface area contributed by atoms with E-state index in [2.05, 4.69) is 20.6 Å². The maximum Gasteiger partial charge on any atom is 0.416 e. The molecule has 3 rings (SSSR count). The second-order valence-electron chi connectivity index (χ2n) is 5.29. The fourth-order valence-corrected chi connectivity index (χ4v) is 2.49. The fraction of sp³-hybridized carbons (Fsp3) is 0.133. The van der Waals surface area contributed by atoms with Crippen molar-refractivity contribution in [3.8, 4) is 17.1 Å². The van der Waals surface area contributed by atoms with Crippen LogP contribution in [0.3, 0.4) is 0 Å². The quantitative estimate of drug-likeness (QED) is 0.734. The van der Waals surface area contributed by atoms with Gasteiger partial charge < -0.3 is 5.11 Å². The van der Waals surface area contributed by atoms with Crippen molar-refractivity contribution in [3.63, 3.8) is 0 Å². The van der Waals surface area contributed by atoms with Gasteiger partial charge in [0.25, 0.3) is 5.56 Å². The van der Waals surface area contributed by atoms with Crippen LogP contribution in [0.15, 0.2) is 35.1 Å². The number of pyridine rings is 1. The highest BCUT2D eigenvalue weighted by Crippen LogP contribution is 2.31. The lowest BCUT2D eigenvalue weighted by molar-refractivity contribution is -0.137. The second-order valence-corrected chi connectivity index (χ2v) is 5.29. The number of rotatable bonds is 3. The van der Waals surface area contributed by atoms with Gasteiger partial charge in [-0.25, -0.2) is 4.79 Å². The fourth-order valence-electron chi connectivity index (χ4n) is 2.49. The molecule has 0 amide bonds. The van der Waals surface area contributed by atoms with E-state index in [9.17, 15) is 27.9 Å². The first-order valence-corrected chi connectivity index (χ1v) is 7.11. The van der Waals surface area contributed by atoms with Crippen LogP contribution in [0.1, 0.15) is 21.6 Å². The third-order valence-electron chi connectivity index (χ3n) is 3.70. The van der Waals surface area contributed by atoms with E-state index in [1.165, 1.54) is 13.0 Å². The number of nitrogens with zero attached hydrogens (tertiary/aromatic N) is 4. The molecule has 8 nitrogen and oxygen atoms in total. The van der Waals surface area contributed by atoms with Crippen molar-refractivity contribution in [2.45, 2.75) is 13.1 Å². The molecule has 0 aliphatic carbocycles. The molecule has 26 heavy (non-hydrogen) atoms. The molecular formula is C15H10F3N5O3. The molecule has 0 radical (unpaired) electrons. The largest absolute Gasteiger partial charge is 0.477 e. The van der Waals surface area contributed by atoms with Crippen LogP contribution in [0.2, 0.25) is 0 Å². The number of carbonyl (C=O) groups is 1. The Morgan fingerprint density at radius 1 is 1.27 bits per heavy atom. The van der Waals surface area contributed by atoms with Gasteiger partial charge in [-0.2, -0.15) is 18.4 Å². The Balaban J connectivity index is 2.34. The molecule has 0 saturated heterocycles. The monoisotopic (exact) mass is 365 g/mol. The van der Waals surface area contributed by atoms with Crippen molar-refractivity contribution >= 4 is 5.97 Å². The number of aromatic amines is 1. The standard InChI is InChI=1S/C15H10F3N5O3/c1-7-10(12-19-21-22-20-12)6-11(14(25)26)13(24)23(7)9-4-2-3-8(5-9)15(16,17)18/h2-6H,1H3,(H,25,26)(H,19,20,21,22). The van der Waals surface area contributed by atoms with Gasteiger partial charge in [-0.05, 0) is 36.4 Å². The molecular weight excluding hydrogens is 355 g/mol. The highest BCUT2D eigenvalue weighted by Gasteiger charge is 2.31. The minimum atomic E-state index is -4.62. The number of carboxylic acid groups (broad SMARTS) is 1. The molecule has 0 bridgehead atoms. The summed E-state index contributed by atoms with van der Waals surface area (Å²) in [6.45, 7) is 1.44. The van der Waals surface area contributed by atoms with E-state index >= 15 is 0 Å². The van der Waals surface area contributed by atoms with Crippen LogP contribution in [0.5, 0.6) is 0 Å². The molecule has 2 aromatic heterocycles. The summed E-state index contributed by atoms with van der Waals surface area (Å²) in [6, 6.07) is 5.08. The van der Waals surface area contributed by atoms with Crippen molar-refractivity contribution in [3.05, 3.63) is 57.5 Å².